The van der Waals surface area contributed by atoms with Crippen LogP contribution in [0.2, 0.25) is 5.02 Å². The van der Waals surface area contributed by atoms with Gasteiger partial charge in [-0.15, -0.1) is 0 Å². The number of ether oxygens (including phenoxy) is 1. The molecule has 1 aromatic carbocycles. The number of alkyl halides is 2. The maximum Gasteiger partial charge on any atom is 0.409 e. The van der Waals surface area contributed by atoms with Crippen LogP contribution in [0, 0.1) is 0 Å². The summed E-state index contributed by atoms with van der Waals surface area (Å²) in [6.07, 6.45) is -1.36. The van der Waals surface area contributed by atoms with E-state index in [4.69, 9.17) is 16.7 Å². The lowest BCUT2D eigenvalue weighted by atomic mass is 10.3. The van der Waals surface area contributed by atoms with Crippen molar-refractivity contribution in [1.82, 2.24) is 0 Å². The van der Waals surface area contributed by atoms with Gasteiger partial charge in [-0.3, -0.25) is 5.32 Å². The molecule has 2 N–H and O–H groups in total. The molecule has 0 unspecified atom stereocenters. The van der Waals surface area contributed by atoms with Crippen LogP contribution in [-0.4, -0.2) is 17.8 Å². The number of carboxylic acid groups (broad SMARTS) is 1. The van der Waals surface area contributed by atoms with Gasteiger partial charge in [0, 0.05) is 10.5 Å². The monoisotopic (exact) mass is 315 g/mol. The van der Waals surface area contributed by atoms with E-state index in [1.807, 2.05) is 5.32 Å². The highest BCUT2D eigenvalue weighted by Gasteiger charge is 2.12. The van der Waals surface area contributed by atoms with Gasteiger partial charge < -0.3 is 9.84 Å². The minimum absolute atomic E-state index is 0.0424. The van der Waals surface area contributed by atoms with Crippen LogP contribution < -0.4 is 10.1 Å². The summed E-state index contributed by atoms with van der Waals surface area (Å²) >= 11 is 8.72. The highest BCUT2D eigenvalue weighted by molar-refractivity contribution is 9.10. The summed E-state index contributed by atoms with van der Waals surface area (Å²) in [5, 5.41) is 10.5. The number of rotatable bonds is 3. The fraction of sp³-hybridized carbons (Fsp3) is 0.125. The largest absolute Gasteiger partial charge is 0.465 e. The Kier molecular flexibility index (Phi) is 4.31. The normalized spacial score (nSPS) is 10.3. The van der Waals surface area contributed by atoms with Gasteiger partial charge in [0.2, 0.25) is 0 Å². The molecule has 1 aromatic rings. The maximum absolute atomic E-state index is 11.9. The molecule has 0 heterocycles. The molecule has 0 atom stereocenters. The first kappa shape index (κ1) is 13.0. The number of halogens is 4. The molecule has 1 rings (SSSR count). The first-order chi connectivity index (χ1) is 7.40. The molecule has 0 aliphatic carbocycles. The predicted octanol–water partition coefficient (Wildman–Crippen LogP) is 3.79. The molecule has 0 aliphatic rings. The van der Waals surface area contributed by atoms with E-state index >= 15 is 0 Å². The lowest BCUT2D eigenvalue weighted by molar-refractivity contribution is -0.0498. The van der Waals surface area contributed by atoms with Gasteiger partial charge in [0.1, 0.15) is 5.75 Å². The SMILES string of the molecule is O=C(O)Nc1cc(OC(F)F)cc(Br)c1Cl. The fourth-order valence-electron chi connectivity index (χ4n) is 0.941. The average molecular weight is 316 g/mol. The van der Waals surface area contributed by atoms with E-state index in [0.29, 0.717) is 0 Å². The second-order valence-corrected chi connectivity index (χ2v) is 3.81. The van der Waals surface area contributed by atoms with E-state index in [2.05, 4.69) is 20.7 Å². The van der Waals surface area contributed by atoms with Crippen LogP contribution in [0.1, 0.15) is 0 Å². The van der Waals surface area contributed by atoms with E-state index < -0.39 is 12.7 Å². The average Bonchev–Trinajstić information content (AvgIpc) is 2.11. The van der Waals surface area contributed by atoms with E-state index in [1.165, 1.54) is 6.07 Å². The molecule has 0 aromatic heterocycles. The lowest BCUT2D eigenvalue weighted by Crippen LogP contribution is -2.09. The topological polar surface area (TPSA) is 58.6 Å². The zero-order valence-corrected chi connectivity index (χ0v) is 9.85. The number of benzene rings is 1. The molecular weight excluding hydrogens is 311 g/mol. The Bertz CT molecular complexity index is 417. The van der Waals surface area contributed by atoms with E-state index in [0.717, 1.165) is 6.07 Å². The van der Waals surface area contributed by atoms with Gasteiger partial charge in [-0.1, -0.05) is 11.6 Å². The van der Waals surface area contributed by atoms with Gasteiger partial charge in [-0.25, -0.2) is 4.79 Å². The summed E-state index contributed by atoms with van der Waals surface area (Å²) in [4.78, 5) is 10.4. The van der Waals surface area contributed by atoms with Crippen molar-refractivity contribution >= 4 is 39.3 Å². The van der Waals surface area contributed by atoms with Crippen molar-refractivity contribution in [2.45, 2.75) is 6.61 Å². The van der Waals surface area contributed by atoms with Crippen LogP contribution in [0.25, 0.3) is 0 Å². The number of carbonyl (C=O) groups is 1. The Balaban J connectivity index is 3.06. The van der Waals surface area contributed by atoms with Crippen molar-refractivity contribution < 1.29 is 23.4 Å². The smallest absolute Gasteiger partial charge is 0.409 e. The third-order valence-corrected chi connectivity index (χ3v) is 2.73. The second-order valence-electron chi connectivity index (χ2n) is 2.58. The van der Waals surface area contributed by atoms with Crippen LogP contribution in [-0.2, 0) is 0 Å². The van der Waals surface area contributed by atoms with Gasteiger partial charge in [0.25, 0.3) is 0 Å². The van der Waals surface area contributed by atoms with Gasteiger partial charge in [-0.2, -0.15) is 8.78 Å². The van der Waals surface area contributed by atoms with Crippen LogP contribution in [0.3, 0.4) is 0 Å². The van der Waals surface area contributed by atoms with Crippen molar-refractivity contribution in [3.05, 3.63) is 21.6 Å². The van der Waals surface area contributed by atoms with Crippen molar-refractivity contribution in [2.24, 2.45) is 0 Å². The molecule has 0 radical (unpaired) electrons. The summed E-state index contributed by atoms with van der Waals surface area (Å²) < 4.78 is 28.2. The maximum atomic E-state index is 11.9. The molecule has 0 bridgehead atoms. The van der Waals surface area contributed by atoms with E-state index in [-0.39, 0.29) is 20.9 Å². The highest BCUT2D eigenvalue weighted by atomic mass is 79.9. The second kappa shape index (κ2) is 5.31. The Morgan fingerprint density at radius 3 is 2.69 bits per heavy atom. The summed E-state index contributed by atoms with van der Waals surface area (Å²) in [5.41, 5.74) is -0.0424. The summed E-state index contributed by atoms with van der Waals surface area (Å²) in [5.74, 6) is -0.199. The quantitative estimate of drug-likeness (QED) is 0.892. The molecule has 1 amide bonds. The van der Waals surface area contributed by atoms with E-state index in [9.17, 15) is 13.6 Å². The summed E-state index contributed by atoms with van der Waals surface area (Å²) in [7, 11) is 0. The molecule has 88 valence electrons. The van der Waals surface area contributed by atoms with Gasteiger partial charge in [-0.05, 0) is 22.0 Å². The highest BCUT2D eigenvalue weighted by Crippen LogP contribution is 2.35. The Labute approximate surface area is 102 Å². The van der Waals surface area contributed by atoms with Crippen LogP contribution in [0.4, 0.5) is 19.3 Å². The third kappa shape index (κ3) is 3.49. The minimum Gasteiger partial charge on any atom is -0.465 e. The zero-order chi connectivity index (χ0) is 12.3. The molecule has 0 saturated heterocycles. The first-order valence-electron chi connectivity index (χ1n) is 3.84. The van der Waals surface area contributed by atoms with E-state index in [1.54, 1.807) is 0 Å². The molecule has 0 spiro atoms. The summed E-state index contributed by atoms with van der Waals surface area (Å²) in [6.45, 7) is -2.99. The standard InChI is InChI=1S/C8H5BrClF2NO3/c9-4-1-3(16-7(11)12)2-5(6(4)10)13-8(14)15/h1-2,7,13H,(H,14,15). The molecular formula is C8H5BrClF2NO3. The lowest BCUT2D eigenvalue weighted by Gasteiger charge is -2.10. The van der Waals surface area contributed by atoms with Crippen molar-refractivity contribution in [3.63, 3.8) is 0 Å². The van der Waals surface area contributed by atoms with Gasteiger partial charge in [0.05, 0.1) is 10.7 Å². The first-order valence-corrected chi connectivity index (χ1v) is 5.01. The van der Waals surface area contributed by atoms with Crippen LogP contribution in [0.15, 0.2) is 16.6 Å². The predicted molar refractivity (Wildman–Crippen MR) is 57.4 cm³/mol. The van der Waals surface area contributed by atoms with Crippen molar-refractivity contribution in [1.29, 1.82) is 0 Å². The molecule has 16 heavy (non-hydrogen) atoms. The molecule has 0 fully saturated rings. The fourth-order valence-corrected chi connectivity index (χ4v) is 1.54. The molecule has 0 aliphatic heterocycles. The minimum atomic E-state index is -2.99. The Hall–Kier alpha value is -1.08. The number of hydrogen-bond acceptors (Lipinski definition) is 2. The van der Waals surface area contributed by atoms with Crippen LogP contribution in [0.5, 0.6) is 5.75 Å². The number of anilines is 1. The van der Waals surface area contributed by atoms with Crippen molar-refractivity contribution in [2.75, 3.05) is 5.32 Å². The Morgan fingerprint density at radius 1 is 1.56 bits per heavy atom. The van der Waals surface area contributed by atoms with Crippen LogP contribution >= 0.6 is 27.5 Å². The number of nitrogens with one attached hydrogen (secondary N) is 1. The van der Waals surface area contributed by atoms with Crippen molar-refractivity contribution in [3.8, 4) is 5.75 Å². The number of hydrogen-bond donors (Lipinski definition) is 2. The third-order valence-electron chi connectivity index (χ3n) is 1.47. The Morgan fingerprint density at radius 2 is 2.19 bits per heavy atom. The number of amides is 1. The summed E-state index contributed by atoms with van der Waals surface area (Å²) in [6, 6.07) is 2.27. The zero-order valence-electron chi connectivity index (χ0n) is 7.51. The molecule has 8 heteroatoms. The molecule has 4 nitrogen and oxygen atoms in total. The van der Waals surface area contributed by atoms with Gasteiger partial charge in [0.15, 0.2) is 0 Å². The molecule has 0 saturated carbocycles. The van der Waals surface area contributed by atoms with Gasteiger partial charge >= 0.3 is 12.7 Å².